The van der Waals surface area contributed by atoms with Gasteiger partial charge in [-0.2, -0.15) is 13.2 Å². The Kier molecular flexibility index (Phi) is 4.63. The standard InChI is InChI=1S/C16H15F4N/c17-13-7-6-12(15(10-13)16(18,19)20)9-14(21)8-11-4-2-1-3-5-11/h1-7,10,14H,8-9,21H2. The van der Waals surface area contributed by atoms with Crippen molar-refractivity contribution >= 4 is 0 Å². The minimum absolute atomic E-state index is 0.0207. The van der Waals surface area contributed by atoms with Gasteiger partial charge in [0.15, 0.2) is 0 Å². The average Bonchev–Trinajstić information content (AvgIpc) is 2.40. The van der Waals surface area contributed by atoms with Gasteiger partial charge in [0.2, 0.25) is 0 Å². The summed E-state index contributed by atoms with van der Waals surface area (Å²) in [5.41, 5.74) is 5.95. The van der Waals surface area contributed by atoms with E-state index in [1.165, 1.54) is 0 Å². The van der Waals surface area contributed by atoms with Gasteiger partial charge in [-0.25, -0.2) is 4.39 Å². The molecule has 0 amide bonds. The van der Waals surface area contributed by atoms with E-state index in [-0.39, 0.29) is 12.0 Å². The molecule has 1 unspecified atom stereocenters. The molecule has 0 radical (unpaired) electrons. The predicted octanol–water partition coefficient (Wildman–Crippen LogP) is 3.96. The Morgan fingerprint density at radius 3 is 2.24 bits per heavy atom. The molecule has 2 aromatic rings. The number of rotatable bonds is 4. The first-order chi connectivity index (χ1) is 9.86. The van der Waals surface area contributed by atoms with Crippen molar-refractivity contribution in [1.29, 1.82) is 0 Å². The van der Waals surface area contributed by atoms with E-state index in [0.717, 1.165) is 17.7 Å². The summed E-state index contributed by atoms with van der Waals surface area (Å²) in [6, 6.07) is 11.5. The Bertz CT molecular complexity index is 593. The highest BCUT2D eigenvalue weighted by molar-refractivity contribution is 5.31. The minimum atomic E-state index is -4.58. The highest BCUT2D eigenvalue weighted by Crippen LogP contribution is 2.33. The van der Waals surface area contributed by atoms with Crippen LogP contribution in [0.5, 0.6) is 0 Å². The second kappa shape index (κ2) is 6.26. The van der Waals surface area contributed by atoms with Gasteiger partial charge in [0, 0.05) is 6.04 Å². The Labute approximate surface area is 120 Å². The van der Waals surface area contributed by atoms with Gasteiger partial charge in [-0.3, -0.25) is 0 Å². The van der Waals surface area contributed by atoms with Crippen molar-refractivity contribution in [3.05, 3.63) is 71.0 Å². The van der Waals surface area contributed by atoms with Crippen LogP contribution in [0.1, 0.15) is 16.7 Å². The van der Waals surface area contributed by atoms with Crippen molar-refractivity contribution in [3.8, 4) is 0 Å². The van der Waals surface area contributed by atoms with Crippen LogP contribution in [-0.4, -0.2) is 6.04 Å². The average molecular weight is 297 g/mol. The maximum atomic E-state index is 13.0. The highest BCUT2D eigenvalue weighted by Gasteiger charge is 2.33. The fourth-order valence-electron chi connectivity index (χ4n) is 2.26. The molecule has 2 rings (SSSR count). The zero-order valence-corrected chi connectivity index (χ0v) is 11.2. The minimum Gasteiger partial charge on any atom is -0.327 e. The molecule has 1 nitrogen and oxygen atoms in total. The van der Waals surface area contributed by atoms with Crippen LogP contribution in [0.2, 0.25) is 0 Å². The Morgan fingerprint density at radius 1 is 0.952 bits per heavy atom. The molecule has 2 N–H and O–H groups in total. The molecular formula is C16H15F4N. The maximum Gasteiger partial charge on any atom is 0.416 e. The normalized spacial score (nSPS) is 13.2. The zero-order chi connectivity index (χ0) is 15.5. The van der Waals surface area contributed by atoms with Crippen molar-refractivity contribution in [2.24, 2.45) is 5.73 Å². The summed E-state index contributed by atoms with van der Waals surface area (Å²) in [4.78, 5) is 0. The molecule has 0 saturated carbocycles. The molecule has 0 aliphatic heterocycles. The quantitative estimate of drug-likeness (QED) is 0.849. The second-order valence-electron chi connectivity index (χ2n) is 4.95. The lowest BCUT2D eigenvalue weighted by Crippen LogP contribution is -2.27. The van der Waals surface area contributed by atoms with Crippen molar-refractivity contribution in [1.82, 2.24) is 0 Å². The van der Waals surface area contributed by atoms with Crippen molar-refractivity contribution in [2.45, 2.75) is 25.1 Å². The Hall–Kier alpha value is -1.88. The lowest BCUT2D eigenvalue weighted by atomic mass is 9.96. The molecule has 0 fully saturated rings. The van der Waals surface area contributed by atoms with Crippen LogP contribution in [0.3, 0.4) is 0 Å². The summed E-state index contributed by atoms with van der Waals surface area (Å²) in [5.74, 6) is -0.900. The van der Waals surface area contributed by atoms with E-state index in [4.69, 9.17) is 5.73 Å². The van der Waals surface area contributed by atoms with E-state index in [0.29, 0.717) is 12.5 Å². The zero-order valence-electron chi connectivity index (χ0n) is 11.2. The molecule has 0 heterocycles. The second-order valence-corrected chi connectivity index (χ2v) is 4.95. The van der Waals surface area contributed by atoms with Crippen LogP contribution in [-0.2, 0) is 19.0 Å². The number of alkyl halides is 3. The largest absolute Gasteiger partial charge is 0.416 e. The fourth-order valence-corrected chi connectivity index (χ4v) is 2.26. The van der Waals surface area contributed by atoms with Crippen LogP contribution in [0.25, 0.3) is 0 Å². The van der Waals surface area contributed by atoms with Gasteiger partial charge < -0.3 is 5.73 Å². The molecule has 112 valence electrons. The molecule has 5 heteroatoms. The topological polar surface area (TPSA) is 26.0 Å². The third-order valence-electron chi connectivity index (χ3n) is 3.20. The van der Waals surface area contributed by atoms with E-state index in [1.807, 2.05) is 30.3 Å². The van der Waals surface area contributed by atoms with E-state index >= 15 is 0 Å². The van der Waals surface area contributed by atoms with E-state index < -0.39 is 23.6 Å². The van der Waals surface area contributed by atoms with Gasteiger partial charge >= 0.3 is 6.18 Å². The third-order valence-corrected chi connectivity index (χ3v) is 3.20. The highest BCUT2D eigenvalue weighted by atomic mass is 19.4. The number of hydrogen-bond acceptors (Lipinski definition) is 1. The van der Waals surface area contributed by atoms with Gasteiger partial charge in [-0.15, -0.1) is 0 Å². The third kappa shape index (κ3) is 4.29. The first kappa shape index (κ1) is 15.5. The molecule has 0 aliphatic rings. The summed E-state index contributed by atoms with van der Waals surface area (Å²) in [5, 5.41) is 0. The lowest BCUT2D eigenvalue weighted by molar-refractivity contribution is -0.138. The van der Waals surface area contributed by atoms with Gasteiger partial charge in [0.05, 0.1) is 5.56 Å². The molecule has 0 saturated heterocycles. The number of benzene rings is 2. The van der Waals surface area contributed by atoms with Gasteiger partial charge in [0.25, 0.3) is 0 Å². The van der Waals surface area contributed by atoms with Crippen LogP contribution >= 0.6 is 0 Å². The first-order valence-corrected chi connectivity index (χ1v) is 6.51. The fraction of sp³-hybridized carbons (Fsp3) is 0.250. The Balaban J connectivity index is 2.16. The van der Waals surface area contributed by atoms with Crippen molar-refractivity contribution in [2.75, 3.05) is 0 Å². The maximum absolute atomic E-state index is 13.0. The summed E-state index contributed by atoms with van der Waals surface area (Å²) < 4.78 is 51.7. The SMILES string of the molecule is NC(Cc1ccccc1)Cc1ccc(F)cc1C(F)(F)F. The van der Waals surface area contributed by atoms with Crippen LogP contribution < -0.4 is 5.73 Å². The summed E-state index contributed by atoms with van der Waals surface area (Å²) >= 11 is 0. The van der Waals surface area contributed by atoms with Crippen molar-refractivity contribution < 1.29 is 17.6 Å². The molecule has 0 aliphatic carbocycles. The number of halogens is 4. The summed E-state index contributed by atoms with van der Waals surface area (Å²) in [7, 11) is 0. The molecule has 0 aromatic heterocycles. The number of nitrogens with two attached hydrogens (primary N) is 1. The monoisotopic (exact) mass is 297 g/mol. The predicted molar refractivity (Wildman–Crippen MR) is 73.2 cm³/mol. The smallest absolute Gasteiger partial charge is 0.327 e. The molecule has 1 atom stereocenters. The van der Waals surface area contributed by atoms with Gasteiger partial charge in [0.1, 0.15) is 5.82 Å². The van der Waals surface area contributed by atoms with Crippen molar-refractivity contribution in [3.63, 3.8) is 0 Å². The van der Waals surface area contributed by atoms with E-state index in [9.17, 15) is 17.6 Å². The van der Waals surface area contributed by atoms with Crippen LogP contribution in [0, 0.1) is 5.82 Å². The Morgan fingerprint density at radius 2 is 1.62 bits per heavy atom. The molecular weight excluding hydrogens is 282 g/mol. The van der Waals surface area contributed by atoms with Gasteiger partial charge in [-0.05, 0) is 36.1 Å². The molecule has 0 bridgehead atoms. The molecule has 2 aromatic carbocycles. The van der Waals surface area contributed by atoms with Gasteiger partial charge in [-0.1, -0.05) is 36.4 Å². The van der Waals surface area contributed by atoms with Crippen LogP contribution in [0.4, 0.5) is 17.6 Å². The summed E-state index contributed by atoms with van der Waals surface area (Å²) in [6.07, 6.45) is -4.07. The first-order valence-electron chi connectivity index (χ1n) is 6.51. The molecule has 21 heavy (non-hydrogen) atoms. The lowest BCUT2D eigenvalue weighted by Gasteiger charge is -2.17. The van der Waals surface area contributed by atoms with Crippen LogP contribution in [0.15, 0.2) is 48.5 Å². The number of hydrogen-bond donors (Lipinski definition) is 1. The molecule has 0 spiro atoms. The van der Waals surface area contributed by atoms with E-state index in [1.54, 1.807) is 0 Å². The van der Waals surface area contributed by atoms with E-state index in [2.05, 4.69) is 0 Å². The summed E-state index contributed by atoms with van der Waals surface area (Å²) in [6.45, 7) is 0.